The second kappa shape index (κ2) is 11.6. The lowest BCUT2D eigenvalue weighted by Crippen LogP contribution is -2.41. The van der Waals surface area contributed by atoms with Crippen LogP contribution in [0.2, 0.25) is 0 Å². The molecule has 3 N–H and O–H groups in total. The minimum absolute atomic E-state index is 0. The third kappa shape index (κ3) is 6.29. The van der Waals surface area contributed by atoms with Crippen LogP contribution in [0.15, 0.2) is 53.6 Å². The molecule has 0 spiro atoms. The number of ether oxygens (including phenoxy) is 1. The molecule has 0 bridgehead atoms. The lowest BCUT2D eigenvalue weighted by Gasteiger charge is -2.32. The fourth-order valence-corrected chi connectivity index (χ4v) is 5.37. The predicted octanol–water partition coefficient (Wildman–Crippen LogP) is 1.99. The molecule has 33 heavy (non-hydrogen) atoms. The number of piperidine rings is 1. The van der Waals surface area contributed by atoms with E-state index in [0.29, 0.717) is 37.2 Å². The molecule has 1 aliphatic heterocycles. The summed E-state index contributed by atoms with van der Waals surface area (Å²) in [6.07, 6.45) is 3.66. The van der Waals surface area contributed by atoms with Crippen LogP contribution in [0.1, 0.15) is 19.8 Å². The monoisotopic (exact) mass is 475 g/mol. The largest absolute Gasteiger partial charge is 0.412 e. The zero-order chi connectivity index (χ0) is 22.4. The number of aromatic nitrogens is 3. The van der Waals surface area contributed by atoms with E-state index in [1.54, 1.807) is 30.5 Å². The Balaban J connectivity index is 0.00000306. The van der Waals surface area contributed by atoms with Crippen molar-refractivity contribution in [3.05, 3.63) is 48.7 Å². The van der Waals surface area contributed by atoms with Crippen LogP contribution in [0.3, 0.4) is 0 Å². The van der Waals surface area contributed by atoms with E-state index in [2.05, 4.69) is 19.8 Å². The number of benzene rings is 1. The second-order valence-electron chi connectivity index (χ2n) is 8.02. The first-order valence-electron chi connectivity index (χ1n) is 11.2. The standard InChI is InChI=1S/C23H31N5O3S.H2O/c1-2-31-17-15-28-22-21(9-6-12-24-22)26-23(28)25-19-10-13-27(14-11-19)16-18-32(29,30)20-7-4-3-5-8-20;/h3-9,12,19H,2,10-11,13-18H2,1H3,(H,25,26);1H2. The van der Waals surface area contributed by atoms with Crippen molar-refractivity contribution in [2.24, 2.45) is 0 Å². The average Bonchev–Trinajstić information content (AvgIpc) is 3.16. The molecule has 4 rings (SSSR count). The van der Waals surface area contributed by atoms with E-state index in [1.807, 2.05) is 25.1 Å². The summed E-state index contributed by atoms with van der Waals surface area (Å²) in [7, 11) is -3.24. The van der Waals surface area contributed by atoms with Crippen LogP contribution in [0.5, 0.6) is 0 Å². The molecule has 3 aromatic rings. The number of hydrogen-bond acceptors (Lipinski definition) is 7. The molecule has 1 aliphatic rings. The summed E-state index contributed by atoms with van der Waals surface area (Å²) >= 11 is 0. The van der Waals surface area contributed by atoms with Gasteiger partial charge in [0.05, 0.1) is 23.8 Å². The summed E-state index contributed by atoms with van der Waals surface area (Å²) in [5.41, 5.74) is 1.73. The smallest absolute Gasteiger partial charge is 0.205 e. The van der Waals surface area contributed by atoms with Gasteiger partial charge in [0.2, 0.25) is 5.95 Å². The number of anilines is 1. The fraction of sp³-hybridized carbons (Fsp3) is 0.478. The normalized spacial score (nSPS) is 15.4. The van der Waals surface area contributed by atoms with Crippen molar-refractivity contribution in [3.8, 4) is 0 Å². The van der Waals surface area contributed by atoms with Gasteiger partial charge in [-0.2, -0.15) is 0 Å². The van der Waals surface area contributed by atoms with Crippen LogP contribution < -0.4 is 5.32 Å². The molecule has 0 atom stereocenters. The van der Waals surface area contributed by atoms with Gasteiger partial charge in [0.15, 0.2) is 15.5 Å². The highest BCUT2D eigenvalue weighted by molar-refractivity contribution is 7.91. The molecule has 9 nitrogen and oxygen atoms in total. The van der Waals surface area contributed by atoms with E-state index in [0.717, 1.165) is 43.0 Å². The maximum atomic E-state index is 12.5. The summed E-state index contributed by atoms with van der Waals surface area (Å²) in [5, 5.41) is 3.60. The first-order chi connectivity index (χ1) is 15.6. The Labute approximate surface area is 195 Å². The molecule has 1 aromatic carbocycles. The number of nitrogens with one attached hydrogen (secondary N) is 1. The summed E-state index contributed by atoms with van der Waals surface area (Å²) in [4.78, 5) is 11.9. The Bertz CT molecular complexity index is 1110. The average molecular weight is 476 g/mol. The third-order valence-corrected chi connectivity index (χ3v) is 7.58. The van der Waals surface area contributed by atoms with E-state index in [-0.39, 0.29) is 11.2 Å². The van der Waals surface area contributed by atoms with Gasteiger partial charge in [-0.1, -0.05) is 18.2 Å². The first-order valence-corrected chi connectivity index (χ1v) is 12.9. The predicted molar refractivity (Wildman–Crippen MR) is 129 cm³/mol. The Morgan fingerprint density at radius 2 is 1.85 bits per heavy atom. The van der Waals surface area contributed by atoms with Crippen molar-refractivity contribution >= 4 is 26.9 Å². The zero-order valence-corrected chi connectivity index (χ0v) is 19.8. The van der Waals surface area contributed by atoms with Gasteiger partial charge in [0.25, 0.3) is 0 Å². The molecule has 0 radical (unpaired) electrons. The summed E-state index contributed by atoms with van der Waals surface area (Å²) in [6.45, 7) is 6.25. The van der Waals surface area contributed by atoms with Crippen LogP contribution in [0, 0.1) is 0 Å². The quantitative estimate of drug-likeness (QED) is 0.445. The number of rotatable bonds is 10. The molecule has 0 unspecified atom stereocenters. The van der Waals surface area contributed by atoms with Gasteiger partial charge in [-0.25, -0.2) is 18.4 Å². The van der Waals surface area contributed by atoms with E-state index in [1.165, 1.54) is 0 Å². The van der Waals surface area contributed by atoms with E-state index in [4.69, 9.17) is 9.72 Å². The van der Waals surface area contributed by atoms with Crippen molar-refractivity contribution in [1.29, 1.82) is 0 Å². The van der Waals surface area contributed by atoms with Gasteiger partial charge in [0.1, 0.15) is 5.52 Å². The molecule has 1 fully saturated rings. The van der Waals surface area contributed by atoms with Crippen LogP contribution in [-0.4, -0.2) is 78.0 Å². The van der Waals surface area contributed by atoms with Gasteiger partial charge >= 0.3 is 0 Å². The van der Waals surface area contributed by atoms with Gasteiger partial charge < -0.3 is 20.4 Å². The molecule has 10 heteroatoms. The topological polar surface area (TPSA) is 121 Å². The molecule has 0 aliphatic carbocycles. The van der Waals surface area contributed by atoms with Crippen molar-refractivity contribution < 1.29 is 18.6 Å². The number of sulfone groups is 1. The van der Waals surface area contributed by atoms with E-state index in [9.17, 15) is 8.42 Å². The Kier molecular flexibility index (Phi) is 8.79. The van der Waals surface area contributed by atoms with E-state index < -0.39 is 9.84 Å². The van der Waals surface area contributed by atoms with Crippen molar-refractivity contribution in [1.82, 2.24) is 19.4 Å². The van der Waals surface area contributed by atoms with Gasteiger partial charge in [-0.05, 0) is 44.0 Å². The molecular formula is C23H33N5O4S. The maximum absolute atomic E-state index is 12.5. The van der Waals surface area contributed by atoms with E-state index >= 15 is 0 Å². The zero-order valence-electron chi connectivity index (χ0n) is 19.0. The third-order valence-electron chi connectivity index (χ3n) is 5.87. The first kappa shape index (κ1) is 25.1. The Morgan fingerprint density at radius 1 is 1.09 bits per heavy atom. The Morgan fingerprint density at radius 3 is 2.58 bits per heavy atom. The van der Waals surface area contributed by atoms with Gasteiger partial charge in [-0.15, -0.1) is 0 Å². The lowest BCUT2D eigenvalue weighted by molar-refractivity contribution is 0.140. The lowest BCUT2D eigenvalue weighted by atomic mass is 10.1. The van der Waals surface area contributed by atoms with Crippen LogP contribution in [0.4, 0.5) is 5.95 Å². The number of pyridine rings is 1. The molecule has 0 saturated carbocycles. The summed E-state index contributed by atoms with van der Waals surface area (Å²) in [6, 6.07) is 12.9. The second-order valence-corrected chi connectivity index (χ2v) is 10.1. The number of imidazole rings is 1. The van der Waals surface area contributed by atoms with Crippen LogP contribution in [-0.2, 0) is 21.1 Å². The molecule has 2 aromatic heterocycles. The maximum Gasteiger partial charge on any atom is 0.205 e. The number of fused-ring (bicyclic) bond motifs is 1. The summed E-state index contributed by atoms with van der Waals surface area (Å²) < 4.78 is 32.7. The molecular weight excluding hydrogens is 442 g/mol. The fourth-order valence-electron chi connectivity index (χ4n) is 4.06. The molecule has 0 amide bonds. The Hall–Kier alpha value is -2.53. The van der Waals surface area contributed by atoms with Crippen molar-refractivity contribution in [2.75, 3.05) is 43.9 Å². The minimum atomic E-state index is -3.24. The number of hydrogen-bond donors (Lipinski definition) is 1. The van der Waals surface area contributed by atoms with Crippen LogP contribution in [0.25, 0.3) is 11.2 Å². The number of nitrogens with zero attached hydrogens (tertiary/aromatic N) is 4. The molecule has 3 heterocycles. The molecule has 180 valence electrons. The highest BCUT2D eigenvalue weighted by Crippen LogP contribution is 2.21. The molecule has 1 saturated heterocycles. The highest BCUT2D eigenvalue weighted by atomic mass is 32.2. The van der Waals surface area contributed by atoms with Gasteiger partial charge in [-0.3, -0.25) is 4.57 Å². The SMILES string of the molecule is CCOCCn1c(NC2CCN(CCS(=O)(=O)c3ccccc3)CC2)nc2cccnc21.O. The van der Waals surface area contributed by atoms with Gasteiger partial charge in [0, 0.05) is 38.5 Å². The van der Waals surface area contributed by atoms with Crippen molar-refractivity contribution in [2.45, 2.75) is 37.2 Å². The minimum Gasteiger partial charge on any atom is -0.412 e. The highest BCUT2D eigenvalue weighted by Gasteiger charge is 2.23. The van der Waals surface area contributed by atoms with Crippen molar-refractivity contribution in [3.63, 3.8) is 0 Å². The summed E-state index contributed by atoms with van der Waals surface area (Å²) in [5.74, 6) is 0.970. The van der Waals surface area contributed by atoms with Crippen LogP contribution >= 0.6 is 0 Å². The number of likely N-dealkylation sites (tertiary alicyclic amines) is 1.